The first kappa shape index (κ1) is 25.7. The topological polar surface area (TPSA) is 117 Å². The molecule has 2 bridgehead atoms. The molecule has 2 saturated heterocycles. The average molecular weight is 569 g/mol. The molecule has 2 aromatic rings. The van der Waals surface area contributed by atoms with Gasteiger partial charge in [0.1, 0.15) is 5.82 Å². The number of anilines is 2. The number of nitrogens with two attached hydrogens (primary N) is 1. The van der Waals surface area contributed by atoms with E-state index in [0.717, 1.165) is 44.3 Å². The maximum absolute atomic E-state index is 13.3. The number of amides is 2. The van der Waals surface area contributed by atoms with Crippen LogP contribution in [0, 0.1) is 11.8 Å². The highest BCUT2D eigenvalue weighted by Crippen LogP contribution is 2.39. The predicted octanol–water partition coefficient (Wildman–Crippen LogP) is 4.53. The molecule has 1 aromatic carbocycles. The normalized spacial score (nSPS) is 22.7. The maximum Gasteiger partial charge on any atom is 0.252 e. The number of hydrogen-bond acceptors (Lipinski definition) is 6. The van der Waals surface area contributed by atoms with Gasteiger partial charge in [-0.3, -0.25) is 14.4 Å². The molecule has 5 rings (SSSR count). The highest BCUT2D eigenvalue weighted by atomic mass is 79.9. The summed E-state index contributed by atoms with van der Waals surface area (Å²) in [7, 11) is 0. The maximum atomic E-state index is 13.3. The Labute approximate surface area is 225 Å². The van der Waals surface area contributed by atoms with E-state index in [0.29, 0.717) is 51.4 Å². The van der Waals surface area contributed by atoms with Crippen LogP contribution in [0.4, 0.5) is 11.5 Å². The smallest absolute Gasteiger partial charge is 0.252 e. The molecule has 3 aliphatic rings. The van der Waals surface area contributed by atoms with Crippen molar-refractivity contribution in [3.05, 3.63) is 51.6 Å². The van der Waals surface area contributed by atoms with E-state index in [2.05, 4.69) is 50.3 Å². The van der Waals surface area contributed by atoms with E-state index in [9.17, 15) is 14.4 Å². The van der Waals surface area contributed by atoms with Gasteiger partial charge in [-0.15, -0.1) is 0 Å². The molecule has 9 heteroatoms. The number of halogens is 1. The summed E-state index contributed by atoms with van der Waals surface area (Å²) in [6.45, 7) is 4.80. The van der Waals surface area contributed by atoms with Crippen molar-refractivity contribution >= 4 is 45.0 Å². The number of carbonyl (C=O) groups excluding carboxylic acids is 3. The van der Waals surface area contributed by atoms with Crippen LogP contribution in [0.5, 0.6) is 0 Å². The van der Waals surface area contributed by atoms with Crippen LogP contribution in [-0.2, 0) is 0 Å². The van der Waals surface area contributed by atoms with Gasteiger partial charge in [0, 0.05) is 52.5 Å². The van der Waals surface area contributed by atoms with Crippen LogP contribution >= 0.6 is 15.9 Å². The molecule has 4 N–H and O–H groups in total. The Bertz CT molecular complexity index is 1200. The number of nitrogens with zero attached hydrogens (tertiary/aromatic N) is 2. The van der Waals surface area contributed by atoms with E-state index in [1.807, 2.05) is 12.1 Å². The van der Waals surface area contributed by atoms with E-state index in [1.54, 1.807) is 18.3 Å². The molecule has 1 saturated carbocycles. The van der Waals surface area contributed by atoms with Gasteiger partial charge in [-0.05, 0) is 84.6 Å². The van der Waals surface area contributed by atoms with Crippen molar-refractivity contribution in [3.63, 3.8) is 0 Å². The molecule has 3 fully saturated rings. The number of ketones is 1. The van der Waals surface area contributed by atoms with E-state index in [-0.39, 0.29) is 23.7 Å². The number of primary amides is 1. The number of piperidine rings is 1. The fourth-order valence-corrected chi connectivity index (χ4v) is 6.13. The molecule has 8 nitrogen and oxygen atoms in total. The van der Waals surface area contributed by atoms with Crippen molar-refractivity contribution in [2.45, 2.75) is 70.5 Å². The van der Waals surface area contributed by atoms with Crippen molar-refractivity contribution in [3.8, 4) is 0 Å². The van der Waals surface area contributed by atoms with Crippen LogP contribution in [-0.4, -0.2) is 47.3 Å². The Hall–Kier alpha value is -2.94. The first-order chi connectivity index (χ1) is 17.7. The number of benzene rings is 1. The predicted molar refractivity (Wildman–Crippen MR) is 147 cm³/mol. The zero-order chi connectivity index (χ0) is 26.3. The third-order valence-electron chi connectivity index (χ3n) is 7.63. The van der Waals surface area contributed by atoms with Crippen LogP contribution < -0.4 is 21.3 Å². The summed E-state index contributed by atoms with van der Waals surface area (Å²) in [5, 5.41) is 6.48. The Kier molecular flexibility index (Phi) is 7.25. The molecular weight excluding hydrogens is 534 g/mol. The van der Waals surface area contributed by atoms with Crippen molar-refractivity contribution < 1.29 is 14.4 Å². The van der Waals surface area contributed by atoms with Gasteiger partial charge in [-0.1, -0.05) is 13.8 Å². The fraction of sp³-hybridized carbons (Fsp3) is 0.500. The Morgan fingerprint density at radius 2 is 1.78 bits per heavy atom. The molecule has 2 unspecified atom stereocenters. The summed E-state index contributed by atoms with van der Waals surface area (Å²) in [5.41, 5.74) is 7.68. The standard InChI is InChI=1S/C28H34BrN5O3/c1-15(2)13-31-24-12-21(23(29)11-22(24)27(30)36)28(37)33-18-9-19-6-7-20(10-18)34(19)25-8-5-17(14-32-25)26(35)16-3-4-16/h5,8,11-12,14-16,18-20,31H,3-4,6-7,9-10,13H2,1-2H3,(H2,30,36)(H,33,37). The molecular formula is C28H34BrN5O3. The highest BCUT2D eigenvalue weighted by Gasteiger charge is 2.42. The molecule has 3 heterocycles. The molecule has 0 radical (unpaired) electrons. The van der Waals surface area contributed by atoms with Gasteiger partial charge in [0.15, 0.2) is 5.78 Å². The summed E-state index contributed by atoms with van der Waals surface area (Å²) in [4.78, 5) is 44.6. The minimum Gasteiger partial charge on any atom is -0.384 e. The number of hydrogen-bond donors (Lipinski definition) is 3. The van der Waals surface area contributed by atoms with Crippen LogP contribution in [0.25, 0.3) is 0 Å². The Balaban J connectivity index is 1.26. The molecule has 196 valence electrons. The van der Waals surface area contributed by atoms with Gasteiger partial charge in [0.05, 0.1) is 11.1 Å². The minimum atomic E-state index is -0.540. The lowest BCUT2D eigenvalue weighted by Gasteiger charge is -2.40. The first-order valence-electron chi connectivity index (χ1n) is 13.2. The number of rotatable bonds is 9. The second-order valence-corrected chi connectivity index (χ2v) is 11.8. The number of aromatic nitrogens is 1. The van der Waals surface area contributed by atoms with Gasteiger partial charge >= 0.3 is 0 Å². The number of pyridine rings is 1. The summed E-state index contributed by atoms with van der Waals surface area (Å²) in [5.74, 6) is 0.969. The number of nitrogens with one attached hydrogen (secondary N) is 2. The second kappa shape index (κ2) is 10.4. The molecule has 1 aliphatic carbocycles. The lowest BCUT2D eigenvalue weighted by Crippen LogP contribution is -2.50. The van der Waals surface area contributed by atoms with Gasteiger partial charge in [0.25, 0.3) is 11.8 Å². The Morgan fingerprint density at radius 3 is 2.35 bits per heavy atom. The minimum absolute atomic E-state index is 0.0479. The van der Waals surface area contributed by atoms with Crippen molar-refractivity contribution in [2.24, 2.45) is 17.6 Å². The first-order valence-corrected chi connectivity index (χ1v) is 14.0. The fourth-order valence-electron chi connectivity index (χ4n) is 5.61. The lowest BCUT2D eigenvalue weighted by atomic mass is 9.96. The monoisotopic (exact) mass is 567 g/mol. The summed E-state index contributed by atoms with van der Waals surface area (Å²) < 4.78 is 0.541. The highest BCUT2D eigenvalue weighted by molar-refractivity contribution is 9.10. The molecule has 2 aliphatic heterocycles. The Morgan fingerprint density at radius 1 is 1.08 bits per heavy atom. The van der Waals surface area contributed by atoms with Crippen LogP contribution in [0.3, 0.4) is 0 Å². The summed E-state index contributed by atoms with van der Waals surface area (Å²) in [6.07, 6.45) is 7.49. The zero-order valence-corrected chi connectivity index (χ0v) is 22.9. The molecule has 0 spiro atoms. The molecule has 2 atom stereocenters. The summed E-state index contributed by atoms with van der Waals surface area (Å²) in [6, 6.07) is 7.86. The lowest BCUT2D eigenvalue weighted by molar-refractivity contribution is 0.0923. The van der Waals surface area contributed by atoms with Crippen molar-refractivity contribution in [1.82, 2.24) is 10.3 Å². The average Bonchev–Trinajstić information content (AvgIpc) is 3.67. The van der Waals surface area contributed by atoms with Crippen LogP contribution in [0.1, 0.15) is 83.4 Å². The van der Waals surface area contributed by atoms with Gasteiger partial charge in [0.2, 0.25) is 0 Å². The largest absolute Gasteiger partial charge is 0.384 e. The van der Waals surface area contributed by atoms with E-state index in [4.69, 9.17) is 5.73 Å². The zero-order valence-electron chi connectivity index (χ0n) is 21.3. The number of Topliss-reactive ketones (excluding diaryl/α,β-unsaturated/α-hetero) is 1. The van der Waals surface area contributed by atoms with E-state index < -0.39 is 5.91 Å². The quantitative estimate of drug-likeness (QED) is 0.383. The van der Waals surface area contributed by atoms with Crippen LogP contribution in [0.2, 0.25) is 0 Å². The van der Waals surface area contributed by atoms with Gasteiger partial charge in [-0.2, -0.15) is 0 Å². The van der Waals surface area contributed by atoms with E-state index in [1.165, 1.54) is 0 Å². The van der Waals surface area contributed by atoms with E-state index >= 15 is 0 Å². The van der Waals surface area contributed by atoms with Gasteiger partial charge in [-0.25, -0.2) is 4.98 Å². The third-order valence-corrected chi connectivity index (χ3v) is 8.29. The summed E-state index contributed by atoms with van der Waals surface area (Å²) >= 11 is 3.46. The second-order valence-electron chi connectivity index (χ2n) is 11.0. The third kappa shape index (κ3) is 5.51. The van der Waals surface area contributed by atoms with Gasteiger partial charge < -0.3 is 21.3 Å². The van der Waals surface area contributed by atoms with Crippen molar-refractivity contribution in [2.75, 3.05) is 16.8 Å². The van der Waals surface area contributed by atoms with Crippen LogP contribution in [0.15, 0.2) is 34.9 Å². The molecule has 1 aromatic heterocycles. The number of carbonyl (C=O) groups is 3. The SMILES string of the molecule is CC(C)CNc1cc(C(=O)NC2CC3CCC(C2)N3c2ccc(C(=O)C3CC3)cn2)c(Br)cc1C(N)=O. The molecule has 2 amide bonds. The van der Waals surface area contributed by atoms with Crippen molar-refractivity contribution in [1.29, 1.82) is 0 Å². The number of fused-ring (bicyclic) bond motifs is 2. The molecule has 37 heavy (non-hydrogen) atoms.